The summed E-state index contributed by atoms with van der Waals surface area (Å²) in [4.78, 5) is 0.281. The maximum Gasteiger partial charge on any atom is 0.347 e. The molecule has 1 atom stereocenters. The van der Waals surface area contributed by atoms with Gasteiger partial charge in [0.1, 0.15) is 5.75 Å². The molecule has 96 valence electrons. The van der Waals surface area contributed by atoms with Crippen LogP contribution in [0.15, 0.2) is 32.9 Å². The van der Waals surface area contributed by atoms with Crippen LogP contribution in [-0.4, -0.2) is 25.5 Å². The molecular formula is C9H12ClNO4S2. The standard InChI is InChI=1S/C9H12ClNO4S2/c1-3-16(12,11-17(10,13)14)9-6-4-5-8(7-9)15-2/h4-7H,3H2,1-2H3/t16-/m0/s1. The summed E-state index contributed by atoms with van der Waals surface area (Å²) in [7, 11) is -0.776. The fourth-order valence-electron chi connectivity index (χ4n) is 1.21. The molecule has 17 heavy (non-hydrogen) atoms. The lowest BCUT2D eigenvalue weighted by Crippen LogP contribution is -2.06. The molecule has 0 amide bonds. The van der Waals surface area contributed by atoms with Gasteiger partial charge in [-0.25, -0.2) is 4.21 Å². The smallest absolute Gasteiger partial charge is 0.347 e. The minimum absolute atomic E-state index is 0.0477. The Hall–Kier alpha value is -0.790. The van der Waals surface area contributed by atoms with Gasteiger partial charge in [0.25, 0.3) is 0 Å². The van der Waals surface area contributed by atoms with Crippen LogP contribution >= 0.6 is 10.7 Å². The Kier molecular flexibility index (Phi) is 4.40. The molecule has 1 aromatic carbocycles. The van der Waals surface area contributed by atoms with Gasteiger partial charge in [0.05, 0.1) is 21.7 Å². The Morgan fingerprint density at radius 1 is 1.35 bits per heavy atom. The summed E-state index contributed by atoms with van der Waals surface area (Å²) >= 11 is 0. The van der Waals surface area contributed by atoms with E-state index >= 15 is 0 Å². The molecule has 0 heterocycles. The monoisotopic (exact) mass is 297 g/mol. The van der Waals surface area contributed by atoms with Crippen molar-refractivity contribution in [3.63, 3.8) is 0 Å². The number of methoxy groups -OCH3 is 1. The zero-order valence-corrected chi connectivity index (χ0v) is 11.7. The second-order valence-corrected chi connectivity index (χ2v) is 8.01. The SMILES string of the molecule is CC[S@@](=O)(=NS(=O)(=O)Cl)c1cccc(OC)c1. The highest BCUT2D eigenvalue weighted by molar-refractivity contribution is 8.17. The molecule has 0 aliphatic rings. The van der Waals surface area contributed by atoms with Gasteiger partial charge >= 0.3 is 9.24 Å². The first kappa shape index (κ1) is 14.3. The highest BCUT2D eigenvalue weighted by atomic mass is 35.7. The molecule has 1 aromatic rings. The molecular weight excluding hydrogens is 286 g/mol. The van der Waals surface area contributed by atoms with Crippen LogP contribution in [0.1, 0.15) is 6.92 Å². The maximum atomic E-state index is 12.4. The molecule has 0 saturated carbocycles. The van der Waals surface area contributed by atoms with E-state index in [4.69, 9.17) is 15.4 Å². The third kappa shape index (κ3) is 3.86. The molecule has 0 radical (unpaired) electrons. The van der Waals surface area contributed by atoms with Crippen LogP contribution in [0, 0.1) is 0 Å². The number of rotatable bonds is 4. The van der Waals surface area contributed by atoms with Gasteiger partial charge in [0.2, 0.25) is 0 Å². The lowest BCUT2D eigenvalue weighted by atomic mass is 10.3. The minimum Gasteiger partial charge on any atom is -0.497 e. The van der Waals surface area contributed by atoms with Crippen LogP contribution < -0.4 is 4.74 Å². The summed E-state index contributed by atoms with van der Waals surface area (Å²) in [5, 5.41) is 0. The topological polar surface area (TPSA) is 72.8 Å². The van der Waals surface area contributed by atoms with E-state index in [2.05, 4.69) is 3.77 Å². The van der Waals surface area contributed by atoms with Crippen molar-refractivity contribution in [1.29, 1.82) is 0 Å². The Balaban J connectivity index is 3.46. The van der Waals surface area contributed by atoms with E-state index in [0.717, 1.165) is 0 Å². The first-order valence-corrected chi connectivity index (χ1v) is 8.60. The number of ether oxygens (including phenoxy) is 1. The van der Waals surface area contributed by atoms with Crippen molar-refractivity contribution >= 4 is 29.6 Å². The summed E-state index contributed by atoms with van der Waals surface area (Å²) in [6.45, 7) is 1.58. The summed E-state index contributed by atoms with van der Waals surface area (Å²) in [5.41, 5.74) is 0. The van der Waals surface area contributed by atoms with Gasteiger partial charge in [-0.05, 0) is 18.2 Å². The normalized spacial score (nSPS) is 15.0. The molecule has 0 unspecified atom stereocenters. The Bertz CT molecular complexity index is 618. The van der Waals surface area contributed by atoms with E-state index in [0.29, 0.717) is 5.75 Å². The van der Waals surface area contributed by atoms with Crippen LogP contribution in [0.4, 0.5) is 0 Å². The van der Waals surface area contributed by atoms with Gasteiger partial charge in [-0.15, -0.1) is 0 Å². The van der Waals surface area contributed by atoms with E-state index in [1.165, 1.54) is 19.2 Å². The van der Waals surface area contributed by atoms with E-state index in [1.807, 2.05) is 0 Å². The van der Waals surface area contributed by atoms with Crippen LogP contribution in [0.3, 0.4) is 0 Å². The molecule has 0 fully saturated rings. The Labute approximate surface area is 105 Å². The van der Waals surface area contributed by atoms with Crippen molar-refractivity contribution < 1.29 is 17.4 Å². The zero-order valence-electron chi connectivity index (χ0n) is 9.29. The Morgan fingerprint density at radius 3 is 2.47 bits per heavy atom. The molecule has 5 nitrogen and oxygen atoms in total. The van der Waals surface area contributed by atoms with Crippen molar-refractivity contribution in [2.75, 3.05) is 12.9 Å². The summed E-state index contributed by atoms with van der Waals surface area (Å²) < 4.78 is 42.4. The van der Waals surface area contributed by atoms with Crippen LogP contribution in [0.5, 0.6) is 5.75 Å². The third-order valence-electron chi connectivity index (χ3n) is 2.01. The molecule has 1 rings (SSSR count). The van der Waals surface area contributed by atoms with Crippen molar-refractivity contribution in [1.82, 2.24) is 0 Å². The number of hydrogen-bond acceptors (Lipinski definition) is 4. The zero-order chi connectivity index (χ0) is 13.1. The quantitative estimate of drug-likeness (QED) is 0.797. The number of nitrogens with zero attached hydrogens (tertiary/aromatic N) is 1. The van der Waals surface area contributed by atoms with E-state index in [9.17, 15) is 12.6 Å². The number of hydrogen-bond donors (Lipinski definition) is 0. The molecule has 0 spiro atoms. The lowest BCUT2D eigenvalue weighted by molar-refractivity contribution is 0.413. The molecule has 0 bridgehead atoms. The molecule has 8 heteroatoms. The van der Waals surface area contributed by atoms with E-state index in [1.54, 1.807) is 19.1 Å². The maximum absolute atomic E-state index is 12.4. The van der Waals surface area contributed by atoms with Gasteiger partial charge < -0.3 is 4.74 Å². The minimum atomic E-state index is -4.18. The van der Waals surface area contributed by atoms with E-state index < -0.39 is 19.0 Å². The first-order chi connectivity index (χ1) is 7.80. The van der Waals surface area contributed by atoms with E-state index in [-0.39, 0.29) is 10.6 Å². The van der Waals surface area contributed by atoms with Crippen molar-refractivity contribution in [3.05, 3.63) is 24.3 Å². The fourth-order valence-corrected chi connectivity index (χ4v) is 4.87. The van der Waals surface area contributed by atoms with Crippen molar-refractivity contribution in [2.45, 2.75) is 11.8 Å². The van der Waals surface area contributed by atoms with Crippen molar-refractivity contribution in [2.24, 2.45) is 3.77 Å². The van der Waals surface area contributed by atoms with Gasteiger partial charge in [-0.1, -0.05) is 16.8 Å². The number of halogens is 1. The van der Waals surface area contributed by atoms with Crippen LogP contribution in [0.25, 0.3) is 0 Å². The molecule has 0 N–H and O–H groups in total. The van der Waals surface area contributed by atoms with Gasteiger partial charge in [0.15, 0.2) is 0 Å². The largest absolute Gasteiger partial charge is 0.497 e. The number of benzene rings is 1. The van der Waals surface area contributed by atoms with Gasteiger partial charge in [-0.3, -0.25) is 0 Å². The lowest BCUT2D eigenvalue weighted by Gasteiger charge is -2.08. The second kappa shape index (κ2) is 5.24. The predicted octanol–water partition coefficient (Wildman–Crippen LogP) is 2.03. The van der Waals surface area contributed by atoms with Crippen LogP contribution in [-0.2, 0) is 19.0 Å². The highest BCUT2D eigenvalue weighted by Crippen LogP contribution is 2.21. The predicted molar refractivity (Wildman–Crippen MR) is 67.1 cm³/mol. The van der Waals surface area contributed by atoms with Crippen LogP contribution in [0.2, 0.25) is 0 Å². The summed E-state index contributed by atoms with van der Waals surface area (Å²) in [6.07, 6.45) is 0. The van der Waals surface area contributed by atoms with Gasteiger partial charge in [-0.2, -0.15) is 8.42 Å². The third-order valence-corrected chi connectivity index (χ3v) is 5.97. The average Bonchev–Trinajstić information content (AvgIpc) is 2.27. The molecule has 0 aliphatic heterocycles. The molecule has 0 aromatic heterocycles. The highest BCUT2D eigenvalue weighted by Gasteiger charge is 2.15. The Morgan fingerprint density at radius 2 is 2.00 bits per heavy atom. The molecule has 0 aliphatic carbocycles. The first-order valence-electron chi connectivity index (χ1n) is 4.65. The van der Waals surface area contributed by atoms with Crippen molar-refractivity contribution in [3.8, 4) is 5.75 Å². The second-order valence-electron chi connectivity index (χ2n) is 3.09. The fraction of sp³-hybridized carbons (Fsp3) is 0.333. The average molecular weight is 298 g/mol. The molecule has 0 saturated heterocycles. The van der Waals surface area contributed by atoms with Gasteiger partial charge in [0, 0.05) is 16.4 Å². The summed E-state index contributed by atoms with van der Waals surface area (Å²) in [6, 6.07) is 6.28. The summed E-state index contributed by atoms with van der Waals surface area (Å²) in [5.74, 6) is 0.525.